The van der Waals surface area contributed by atoms with E-state index in [-0.39, 0.29) is 5.91 Å². The van der Waals surface area contributed by atoms with Crippen LogP contribution in [0.25, 0.3) is 10.2 Å². The van der Waals surface area contributed by atoms with Crippen molar-refractivity contribution >= 4 is 49.9 Å². The minimum absolute atomic E-state index is 0.120. The Labute approximate surface area is 179 Å². The molecule has 6 nitrogen and oxygen atoms in total. The first-order valence-electron chi connectivity index (χ1n) is 9.48. The molecule has 0 aliphatic carbocycles. The summed E-state index contributed by atoms with van der Waals surface area (Å²) in [5.41, 5.74) is 1.98. The molecule has 0 unspecified atom stereocenters. The van der Waals surface area contributed by atoms with E-state index >= 15 is 0 Å². The minimum atomic E-state index is 0.120. The van der Waals surface area contributed by atoms with E-state index in [4.69, 9.17) is 16.3 Å². The lowest BCUT2D eigenvalue weighted by Crippen LogP contribution is -2.51. The lowest BCUT2D eigenvalue weighted by atomic mass is 10.2. The number of benzene rings is 2. The van der Waals surface area contributed by atoms with E-state index in [0.29, 0.717) is 19.6 Å². The first kappa shape index (κ1) is 19.8. The zero-order valence-corrected chi connectivity index (χ0v) is 18.0. The summed E-state index contributed by atoms with van der Waals surface area (Å²) in [5.74, 6) is 0.873. The Morgan fingerprint density at radius 3 is 2.59 bits per heavy atom. The quantitative estimate of drug-likeness (QED) is 0.617. The van der Waals surface area contributed by atoms with Crippen LogP contribution in [0.5, 0.6) is 5.75 Å². The smallest absolute Gasteiger partial charge is 0.242 e. The van der Waals surface area contributed by atoms with Gasteiger partial charge in [0, 0.05) is 43.9 Å². The average Bonchev–Trinajstić information content (AvgIpc) is 3.19. The number of halogens is 1. The number of likely N-dealkylation sites (N-methyl/N-ethyl adjacent to an activating group) is 1. The van der Waals surface area contributed by atoms with Crippen molar-refractivity contribution in [2.24, 2.45) is 0 Å². The van der Waals surface area contributed by atoms with Crippen LogP contribution < -0.4 is 14.5 Å². The molecule has 1 amide bonds. The fraction of sp³-hybridized carbons (Fsp3) is 0.333. The van der Waals surface area contributed by atoms with E-state index in [9.17, 15) is 4.79 Å². The molecule has 3 aromatic rings. The molecule has 2 aromatic carbocycles. The third-order valence-corrected chi connectivity index (χ3v) is 6.50. The number of thiazole rings is 1. The zero-order chi connectivity index (χ0) is 20.4. The number of carbonyl (C=O) groups is 1. The van der Waals surface area contributed by atoms with Crippen molar-refractivity contribution in [3.63, 3.8) is 0 Å². The van der Waals surface area contributed by atoms with Gasteiger partial charge in [-0.15, -0.1) is 0 Å². The van der Waals surface area contributed by atoms with Crippen molar-refractivity contribution in [2.75, 3.05) is 56.7 Å². The van der Waals surface area contributed by atoms with Gasteiger partial charge in [0.1, 0.15) is 11.3 Å². The van der Waals surface area contributed by atoms with Crippen molar-refractivity contribution in [1.82, 2.24) is 9.88 Å². The molecule has 0 saturated carbocycles. The molecule has 1 aliphatic rings. The predicted octanol–water partition coefficient (Wildman–Crippen LogP) is 3.74. The first-order valence-corrected chi connectivity index (χ1v) is 10.7. The van der Waals surface area contributed by atoms with Gasteiger partial charge >= 0.3 is 0 Å². The van der Waals surface area contributed by atoms with E-state index in [1.807, 2.05) is 59.3 Å². The van der Waals surface area contributed by atoms with Crippen LogP contribution in [0.1, 0.15) is 0 Å². The molecule has 8 heteroatoms. The van der Waals surface area contributed by atoms with Gasteiger partial charge in [-0.2, -0.15) is 0 Å². The number of fused-ring (bicyclic) bond motifs is 1. The molecule has 0 N–H and O–H groups in total. The van der Waals surface area contributed by atoms with Gasteiger partial charge < -0.3 is 19.4 Å². The molecular weight excluding hydrogens is 408 g/mol. The van der Waals surface area contributed by atoms with E-state index in [1.54, 1.807) is 18.4 Å². The van der Waals surface area contributed by atoms with Gasteiger partial charge in [0.15, 0.2) is 5.13 Å². The normalized spacial score (nSPS) is 14.3. The zero-order valence-electron chi connectivity index (χ0n) is 16.5. The van der Waals surface area contributed by atoms with E-state index in [1.165, 1.54) is 0 Å². The topological polar surface area (TPSA) is 48.9 Å². The maximum Gasteiger partial charge on any atom is 0.242 e. The Morgan fingerprint density at radius 1 is 1.17 bits per heavy atom. The number of nitrogens with zero attached hydrogens (tertiary/aromatic N) is 4. The molecule has 0 bridgehead atoms. The van der Waals surface area contributed by atoms with Gasteiger partial charge in [-0.3, -0.25) is 4.79 Å². The number of para-hydroxylation sites is 1. The van der Waals surface area contributed by atoms with Crippen LogP contribution in [0, 0.1) is 0 Å². The van der Waals surface area contributed by atoms with Gasteiger partial charge in [0.2, 0.25) is 5.91 Å². The number of hydrogen-bond acceptors (Lipinski definition) is 6. The number of anilines is 2. The summed E-state index contributed by atoms with van der Waals surface area (Å²) < 4.78 is 6.44. The molecule has 152 valence electrons. The Balaban J connectivity index is 1.36. The maximum atomic E-state index is 12.8. The molecule has 1 aromatic heterocycles. The Morgan fingerprint density at radius 2 is 1.90 bits per heavy atom. The molecule has 0 atom stereocenters. The predicted molar refractivity (Wildman–Crippen MR) is 120 cm³/mol. The largest absolute Gasteiger partial charge is 0.494 e. The van der Waals surface area contributed by atoms with E-state index < -0.39 is 0 Å². The van der Waals surface area contributed by atoms with Crippen LogP contribution in [0.15, 0.2) is 42.5 Å². The third kappa shape index (κ3) is 4.26. The third-order valence-electron chi connectivity index (χ3n) is 5.11. The number of methoxy groups -OCH3 is 1. The molecule has 1 aliphatic heterocycles. The number of aromatic nitrogens is 1. The molecule has 0 radical (unpaired) electrons. The van der Waals surface area contributed by atoms with Crippen molar-refractivity contribution in [2.45, 2.75) is 0 Å². The van der Waals surface area contributed by atoms with Crippen molar-refractivity contribution in [3.8, 4) is 5.75 Å². The second-order valence-electron chi connectivity index (χ2n) is 7.00. The molecule has 0 spiro atoms. The summed E-state index contributed by atoms with van der Waals surface area (Å²) in [6.07, 6.45) is 0. The van der Waals surface area contributed by atoms with Crippen LogP contribution in [0.3, 0.4) is 0 Å². The number of rotatable bonds is 5. The molecule has 2 heterocycles. The van der Waals surface area contributed by atoms with Gasteiger partial charge in [0.25, 0.3) is 0 Å². The van der Waals surface area contributed by atoms with Crippen LogP contribution in [0.2, 0.25) is 5.02 Å². The van der Waals surface area contributed by atoms with Gasteiger partial charge in [-0.05, 0) is 36.4 Å². The van der Waals surface area contributed by atoms with E-state index in [2.05, 4.69) is 9.88 Å². The number of piperazine rings is 1. The SMILES string of the molecule is COc1cccc2sc(N(C)CC(=O)N3CCN(c4ccc(Cl)cc4)CC3)nc12. The first-order chi connectivity index (χ1) is 14.0. The number of carbonyl (C=O) groups excluding carboxylic acids is 1. The summed E-state index contributed by atoms with van der Waals surface area (Å²) in [5, 5.41) is 1.55. The number of amides is 1. The highest BCUT2D eigenvalue weighted by Crippen LogP contribution is 2.33. The number of hydrogen-bond donors (Lipinski definition) is 0. The van der Waals surface area contributed by atoms with Crippen molar-refractivity contribution in [3.05, 3.63) is 47.5 Å². The van der Waals surface area contributed by atoms with E-state index in [0.717, 1.165) is 44.9 Å². The van der Waals surface area contributed by atoms with Crippen LogP contribution >= 0.6 is 22.9 Å². The minimum Gasteiger partial charge on any atom is -0.494 e. The second-order valence-corrected chi connectivity index (χ2v) is 8.45. The average molecular weight is 431 g/mol. The van der Waals surface area contributed by atoms with Gasteiger partial charge in [-0.25, -0.2) is 4.98 Å². The molecule has 4 rings (SSSR count). The number of ether oxygens (including phenoxy) is 1. The summed E-state index contributed by atoms with van der Waals surface area (Å²) in [4.78, 5) is 23.6. The Kier molecular flexibility index (Phi) is 5.78. The summed E-state index contributed by atoms with van der Waals surface area (Å²) in [6, 6.07) is 13.7. The second kappa shape index (κ2) is 8.47. The van der Waals surface area contributed by atoms with Crippen LogP contribution in [-0.2, 0) is 4.79 Å². The highest BCUT2D eigenvalue weighted by atomic mass is 35.5. The van der Waals surface area contributed by atoms with Crippen LogP contribution in [-0.4, -0.2) is 62.7 Å². The highest BCUT2D eigenvalue weighted by Gasteiger charge is 2.23. The summed E-state index contributed by atoms with van der Waals surface area (Å²) in [7, 11) is 3.55. The Bertz CT molecular complexity index is 1000. The van der Waals surface area contributed by atoms with Crippen LogP contribution in [0.4, 0.5) is 10.8 Å². The standard InChI is InChI=1S/C21H23ClN4O2S/c1-24(21-23-20-17(28-2)4-3-5-18(20)29-21)14-19(27)26-12-10-25(11-13-26)16-8-6-15(22)7-9-16/h3-9H,10-14H2,1-2H3. The molecule has 1 fully saturated rings. The fourth-order valence-corrected chi connectivity index (χ4v) is 4.55. The van der Waals surface area contributed by atoms with Crippen molar-refractivity contribution < 1.29 is 9.53 Å². The summed E-state index contributed by atoms with van der Waals surface area (Å²) >= 11 is 7.54. The maximum absolute atomic E-state index is 12.8. The monoisotopic (exact) mass is 430 g/mol. The molecule has 1 saturated heterocycles. The van der Waals surface area contributed by atoms with Crippen molar-refractivity contribution in [1.29, 1.82) is 0 Å². The lowest BCUT2D eigenvalue weighted by molar-refractivity contribution is -0.129. The Hall–Kier alpha value is -2.51. The highest BCUT2D eigenvalue weighted by molar-refractivity contribution is 7.22. The summed E-state index contributed by atoms with van der Waals surface area (Å²) in [6.45, 7) is 3.36. The lowest BCUT2D eigenvalue weighted by Gasteiger charge is -2.36. The molecular formula is C21H23ClN4O2S. The fourth-order valence-electron chi connectivity index (χ4n) is 3.48. The van der Waals surface area contributed by atoms with Gasteiger partial charge in [-0.1, -0.05) is 29.0 Å². The molecule has 29 heavy (non-hydrogen) atoms. The van der Waals surface area contributed by atoms with Gasteiger partial charge in [0.05, 0.1) is 18.4 Å².